The van der Waals surface area contributed by atoms with Crippen molar-refractivity contribution in [3.05, 3.63) is 58.1 Å². The van der Waals surface area contributed by atoms with E-state index < -0.39 is 0 Å². The minimum atomic E-state index is 0.0155. The number of benzene rings is 2. The van der Waals surface area contributed by atoms with Crippen LogP contribution in [0.15, 0.2) is 46.9 Å². The summed E-state index contributed by atoms with van der Waals surface area (Å²) in [5, 5.41) is 9.16. The summed E-state index contributed by atoms with van der Waals surface area (Å²) in [6.45, 7) is 6.70. The molecule has 0 saturated heterocycles. The molecule has 0 saturated carbocycles. The molecule has 0 heterocycles. The monoisotopic (exact) mass is 348 g/mol. The molecule has 0 amide bonds. The molecule has 2 aromatic carbocycles. The van der Waals surface area contributed by atoms with Gasteiger partial charge in [0.05, 0.1) is 6.61 Å². The van der Waals surface area contributed by atoms with Gasteiger partial charge < -0.3 is 9.84 Å². The summed E-state index contributed by atoms with van der Waals surface area (Å²) in [7, 11) is 0. The number of hydrogen-bond acceptors (Lipinski definition) is 2. The Balaban J connectivity index is 2.15. The van der Waals surface area contributed by atoms with Gasteiger partial charge in [-0.2, -0.15) is 0 Å². The Kier molecular flexibility index (Phi) is 5.07. The van der Waals surface area contributed by atoms with Gasteiger partial charge in [-0.1, -0.05) is 54.9 Å². The molecule has 2 nitrogen and oxygen atoms in total. The minimum Gasteiger partial charge on any atom is -0.457 e. The third kappa shape index (κ3) is 3.86. The lowest BCUT2D eigenvalue weighted by molar-refractivity contribution is 0.281. The molecule has 0 aliphatic heterocycles. The first kappa shape index (κ1) is 16.1. The van der Waals surface area contributed by atoms with Crippen LogP contribution in [0.1, 0.15) is 38.3 Å². The van der Waals surface area contributed by atoms with Crippen LogP contribution in [-0.2, 0) is 12.0 Å². The zero-order valence-corrected chi connectivity index (χ0v) is 14.3. The zero-order chi connectivity index (χ0) is 15.5. The Hall–Kier alpha value is -1.32. The SMILES string of the molecule is CCC(C)(C)c1ccc(Oc2ccc(CO)c(Br)c2)cc1. The topological polar surface area (TPSA) is 29.5 Å². The van der Waals surface area contributed by atoms with E-state index in [1.165, 1.54) is 5.56 Å². The number of hydrogen-bond donors (Lipinski definition) is 1. The van der Waals surface area contributed by atoms with Gasteiger partial charge in [-0.15, -0.1) is 0 Å². The second-order valence-electron chi connectivity index (χ2n) is 5.78. The molecule has 0 radical (unpaired) electrons. The van der Waals surface area contributed by atoms with Crippen molar-refractivity contribution in [1.29, 1.82) is 0 Å². The van der Waals surface area contributed by atoms with E-state index >= 15 is 0 Å². The predicted octanol–water partition coefficient (Wildman–Crippen LogP) is 5.42. The van der Waals surface area contributed by atoms with Gasteiger partial charge in [0.2, 0.25) is 0 Å². The highest BCUT2D eigenvalue weighted by Gasteiger charge is 2.17. The number of rotatable bonds is 5. The Bertz CT molecular complexity index is 603. The second kappa shape index (κ2) is 6.63. The van der Waals surface area contributed by atoms with Gasteiger partial charge in [-0.05, 0) is 47.2 Å². The van der Waals surface area contributed by atoms with Crippen LogP contribution >= 0.6 is 15.9 Å². The molecule has 0 aromatic heterocycles. The second-order valence-corrected chi connectivity index (χ2v) is 6.63. The van der Waals surface area contributed by atoms with Crippen molar-refractivity contribution in [3.8, 4) is 11.5 Å². The van der Waals surface area contributed by atoms with Crippen molar-refractivity contribution < 1.29 is 9.84 Å². The maximum Gasteiger partial charge on any atom is 0.128 e. The highest BCUT2D eigenvalue weighted by molar-refractivity contribution is 9.10. The Morgan fingerprint density at radius 1 is 1.05 bits per heavy atom. The van der Waals surface area contributed by atoms with Crippen LogP contribution in [0.25, 0.3) is 0 Å². The molecule has 21 heavy (non-hydrogen) atoms. The number of halogens is 1. The minimum absolute atomic E-state index is 0.0155. The Morgan fingerprint density at radius 3 is 2.19 bits per heavy atom. The van der Waals surface area contributed by atoms with E-state index in [9.17, 15) is 0 Å². The molecular weight excluding hydrogens is 328 g/mol. The van der Waals surface area contributed by atoms with Crippen LogP contribution in [0.2, 0.25) is 0 Å². The van der Waals surface area contributed by atoms with Gasteiger partial charge in [0.15, 0.2) is 0 Å². The molecule has 0 fully saturated rings. The normalized spacial score (nSPS) is 11.5. The first-order valence-electron chi connectivity index (χ1n) is 7.14. The zero-order valence-electron chi connectivity index (χ0n) is 12.7. The van der Waals surface area contributed by atoms with Crippen molar-refractivity contribution in [2.45, 2.75) is 39.2 Å². The molecule has 3 heteroatoms. The predicted molar refractivity (Wildman–Crippen MR) is 89.9 cm³/mol. The molecule has 0 bridgehead atoms. The van der Waals surface area contributed by atoms with E-state index in [0.29, 0.717) is 0 Å². The van der Waals surface area contributed by atoms with Crippen molar-refractivity contribution in [3.63, 3.8) is 0 Å². The summed E-state index contributed by atoms with van der Waals surface area (Å²) in [5.74, 6) is 1.57. The Morgan fingerprint density at radius 2 is 1.67 bits per heavy atom. The molecule has 0 atom stereocenters. The maximum atomic E-state index is 9.16. The highest BCUT2D eigenvalue weighted by atomic mass is 79.9. The molecule has 0 spiro atoms. The van der Waals surface area contributed by atoms with E-state index in [1.54, 1.807) is 0 Å². The smallest absolute Gasteiger partial charge is 0.128 e. The van der Waals surface area contributed by atoms with Crippen molar-refractivity contribution in [2.75, 3.05) is 0 Å². The quantitative estimate of drug-likeness (QED) is 0.781. The van der Waals surface area contributed by atoms with Gasteiger partial charge in [-0.3, -0.25) is 0 Å². The largest absolute Gasteiger partial charge is 0.457 e. The first-order chi connectivity index (χ1) is 9.96. The summed E-state index contributed by atoms with van der Waals surface area (Å²) in [6.07, 6.45) is 1.10. The van der Waals surface area contributed by atoms with Gasteiger partial charge in [0.25, 0.3) is 0 Å². The van der Waals surface area contributed by atoms with Crippen LogP contribution in [0.3, 0.4) is 0 Å². The van der Waals surface area contributed by atoms with Gasteiger partial charge >= 0.3 is 0 Å². The molecule has 0 aliphatic carbocycles. The van der Waals surface area contributed by atoms with Gasteiger partial charge in [0.1, 0.15) is 11.5 Å². The number of aliphatic hydroxyl groups excluding tert-OH is 1. The summed E-state index contributed by atoms with van der Waals surface area (Å²) < 4.78 is 6.70. The highest BCUT2D eigenvalue weighted by Crippen LogP contribution is 2.31. The average Bonchev–Trinajstić information content (AvgIpc) is 2.48. The fourth-order valence-electron chi connectivity index (χ4n) is 2.03. The van der Waals surface area contributed by atoms with Crippen LogP contribution < -0.4 is 4.74 Å². The molecule has 0 unspecified atom stereocenters. The lowest BCUT2D eigenvalue weighted by atomic mass is 9.82. The average molecular weight is 349 g/mol. The van der Waals surface area contributed by atoms with Gasteiger partial charge in [0, 0.05) is 4.47 Å². The summed E-state index contributed by atoms with van der Waals surface area (Å²) in [5.41, 5.74) is 2.35. The van der Waals surface area contributed by atoms with Crippen molar-refractivity contribution in [1.82, 2.24) is 0 Å². The van der Waals surface area contributed by atoms with Crippen LogP contribution in [0, 0.1) is 0 Å². The molecule has 2 aromatic rings. The van der Waals surface area contributed by atoms with E-state index in [4.69, 9.17) is 9.84 Å². The van der Waals surface area contributed by atoms with Crippen LogP contribution in [0.5, 0.6) is 11.5 Å². The van der Waals surface area contributed by atoms with E-state index in [0.717, 1.165) is 28.0 Å². The fraction of sp³-hybridized carbons (Fsp3) is 0.333. The third-order valence-electron chi connectivity index (χ3n) is 3.95. The lowest BCUT2D eigenvalue weighted by Crippen LogP contribution is -2.14. The van der Waals surface area contributed by atoms with E-state index in [1.807, 2.05) is 30.3 Å². The molecule has 1 N–H and O–H groups in total. The summed E-state index contributed by atoms with van der Waals surface area (Å²) >= 11 is 3.43. The summed E-state index contributed by atoms with van der Waals surface area (Å²) in [4.78, 5) is 0. The Labute approximate surface area is 134 Å². The number of ether oxygens (including phenoxy) is 1. The maximum absolute atomic E-state index is 9.16. The van der Waals surface area contributed by atoms with E-state index in [2.05, 4.69) is 48.8 Å². The first-order valence-corrected chi connectivity index (χ1v) is 7.93. The molecule has 2 rings (SSSR count). The standard InChI is InChI=1S/C18H21BrO2/c1-4-18(2,3)14-6-9-15(10-7-14)21-16-8-5-13(12-20)17(19)11-16/h5-11,20H,4,12H2,1-3H3. The summed E-state index contributed by atoms with van der Waals surface area (Å²) in [6, 6.07) is 13.8. The van der Waals surface area contributed by atoms with E-state index in [-0.39, 0.29) is 12.0 Å². The van der Waals surface area contributed by atoms with Gasteiger partial charge in [-0.25, -0.2) is 0 Å². The third-order valence-corrected chi connectivity index (χ3v) is 4.69. The van der Waals surface area contributed by atoms with Crippen molar-refractivity contribution in [2.24, 2.45) is 0 Å². The molecular formula is C18H21BrO2. The number of aliphatic hydroxyl groups is 1. The lowest BCUT2D eigenvalue weighted by Gasteiger charge is -2.23. The van der Waals surface area contributed by atoms with Crippen molar-refractivity contribution >= 4 is 15.9 Å². The molecule has 0 aliphatic rings. The van der Waals surface area contributed by atoms with Crippen LogP contribution in [0.4, 0.5) is 0 Å². The fourth-order valence-corrected chi connectivity index (χ4v) is 2.52. The van der Waals surface area contributed by atoms with Crippen LogP contribution in [-0.4, -0.2) is 5.11 Å². The molecule has 112 valence electrons.